The van der Waals surface area contributed by atoms with E-state index >= 15 is 0 Å². The van der Waals surface area contributed by atoms with Gasteiger partial charge in [-0.2, -0.15) is 13.2 Å². The lowest BCUT2D eigenvalue weighted by molar-refractivity contribution is -0.137. The Labute approximate surface area is 144 Å². The van der Waals surface area contributed by atoms with Crippen molar-refractivity contribution in [2.45, 2.75) is 38.4 Å². The highest BCUT2D eigenvalue weighted by molar-refractivity contribution is 7.91. The lowest BCUT2D eigenvalue weighted by Crippen LogP contribution is -2.44. The number of benzene rings is 1. The summed E-state index contributed by atoms with van der Waals surface area (Å²) in [5, 5.41) is 0. The molecule has 25 heavy (non-hydrogen) atoms. The molecule has 0 aromatic heterocycles. The van der Waals surface area contributed by atoms with E-state index in [1.54, 1.807) is 0 Å². The summed E-state index contributed by atoms with van der Waals surface area (Å²) >= 11 is 0. The minimum Gasteiger partial charge on any atom is -0.309 e. The van der Waals surface area contributed by atoms with E-state index in [4.69, 9.17) is 0 Å². The molecular formula is C17H20F3NO3S. The summed E-state index contributed by atoms with van der Waals surface area (Å²) in [6.45, 7) is 1.82. The number of halogens is 3. The van der Waals surface area contributed by atoms with Gasteiger partial charge in [0.05, 0.1) is 23.0 Å². The van der Waals surface area contributed by atoms with Crippen LogP contribution >= 0.6 is 0 Å². The fraction of sp³-hybridized carbons (Fsp3) is 0.588. The van der Waals surface area contributed by atoms with Crippen molar-refractivity contribution in [1.29, 1.82) is 0 Å². The molecule has 1 aliphatic heterocycles. The molecule has 1 saturated heterocycles. The van der Waals surface area contributed by atoms with Crippen LogP contribution < -0.4 is 4.90 Å². The second-order valence-electron chi connectivity index (χ2n) is 6.93. The van der Waals surface area contributed by atoms with Crippen molar-refractivity contribution in [2.24, 2.45) is 11.8 Å². The topological polar surface area (TPSA) is 54.5 Å². The molecule has 2 aliphatic rings. The van der Waals surface area contributed by atoms with Crippen LogP contribution in [-0.4, -0.2) is 31.9 Å². The van der Waals surface area contributed by atoms with Gasteiger partial charge in [0.15, 0.2) is 9.84 Å². The molecule has 3 rings (SSSR count). The zero-order chi connectivity index (χ0) is 18.4. The average Bonchev–Trinajstić information content (AvgIpc) is 3.30. The number of rotatable bonds is 4. The van der Waals surface area contributed by atoms with Gasteiger partial charge in [0.2, 0.25) is 5.91 Å². The van der Waals surface area contributed by atoms with Gasteiger partial charge in [-0.15, -0.1) is 0 Å². The van der Waals surface area contributed by atoms with Gasteiger partial charge in [0.25, 0.3) is 0 Å². The molecule has 0 N–H and O–H groups in total. The summed E-state index contributed by atoms with van der Waals surface area (Å²) in [6, 6.07) is 4.45. The fourth-order valence-corrected chi connectivity index (χ4v) is 5.10. The first kappa shape index (κ1) is 18.2. The Kier molecular flexibility index (Phi) is 4.59. The molecule has 0 unspecified atom stereocenters. The molecule has 138 valence electrons. The van der Waals surface area contributed by atoms with E-state index in [1.807, 2.05) is 6.92 Å². The van der Waals surface area contributed by atoms with Crippen LogP contribution in [0.4, 0.5) is 18.9 Å². The number of nitrogens with zero attached hydrogens (tertiary/aromatic N) is 1. The summed E-state index contributed by atoms with van der Waals surface area (Å²) in [5.41, 5.74) is -0.631. The van der Waals surface area contributed by atoms with Crippen molar-refractivity contribution in [3.05, 3.63) is 29.8 Å². The molecule has 0 bridgehead atoms. The number of sulfone groups is 1. The van der Waals surface area contributed by atoms with Gasteiger partial charge in [-0.05, 0) is 50.3 Å². The first-order valence-corrected chi connectivity index (χ1v) is 10.1. The van der Waals surface area contributed by atoms with Crippen LogP contribution in [0.15, 0.2) is 24.3 Å². The third kappa shape index (κ3) is 3.99. The maximum atomic E-state index is 13.0. The molecule has 0 spiro atoms. The normalized spacial score (nSPS) is 24.1. The van der Waals surface area contributed by atoms with Gasteiger partial charge in [-0.1, -0.05) is 6.07 Å². The number of hydrogen-bond donors (Lipinski definition) is 0. The number of anilines is 1. The second-order valence-corrected chi connectivity index (χ2v) is 9.16. The molecule has 1 aliphatic carbocycles. The highest BCUT2D eigenvalue weighted by Gasteiger charge is 2.41. The maximum Gasteiger partial charge on any atom is 0.416 e. The van der Waals surface area contributed by atoms with Crippen molar-refractivity contribution in [3.63, 3.8) is 0 Å². The molecule has 1 aromatic rings. The smallest absolute Gasteiger partial charge is 0.309 e. The predicted octanol–water partition coefficient (Wildman–Crippen LogP) is 3.27. The lowest BCUT2D eigenvalue weighted by atomic mass is 10.0. The zero-order valence-electron chi connectivity index (χ0n) is 13.8. The lowest BCUT2D eigenvalue weighted by Gasteiger charge is -2.32. The Morgan fingerprint density at radius 1 is 1.24 bits per heavy atom. The molecule has 2 atom stereocenters. The summed E-state index contributed by atoms with van der Waals surface area (Å²) in [4.78, 5) is 14.3. The van der Waals surface area contributed by atoms with E-state index < -0.39 is 27.5 Å². The molecule has 0 radical (unpaired) electrons. The number of alkyl halides is 3. The van der Waals surface area contributed by atoms with Crippen molar-refractivity contribution >= 4 is 21.4 Å². The van der Waals surface area contributed by atoms with Crippen LogP contribution in [0, 0.1) is 11.8 Å². The molecule has 1 heterocycles. The first-order chi connectivity index (χ1) is 11.6. The third-order valence-corrected chi connectivity index (χ3v) is 6.75. The van der Waals surface area contributed by atoms with E-state index in [0.29, 0.717) is 0 Å². The maximum absolute atomic E-state index is 13.0. The zero-order valence-corrected chi connectivity index (χ0v) is 14.6. The Morgan fingerprint density at radius 3 is 2.44 bits per heavy atom. The van der Waals surface area contributed by atoms with Crippen molar-refractivity contribution in [2.75, 3.05) is 16.4 Å². The number of amides is 1. The van der Waals surface area contributed by atoms with Gasteiger partial charge in [-0.25, -0.2) is 8.42 Å². The van der Waals surface area contributed by atoms with Crippen molar-refractivity contribution < 1.29 is 26.4 Å². The van der Waals surface area contributed by atoms with Crippen molar-refractivity contribution in [3.8, 4) is 0 Å². The van der Waals surface area contributed by atoms with Crippen LogP contribution in [-0.2, 0) is 20.8 Å². The molecule has 2 fully saturated rings. The monoisotopic (exact) mass is 375 g/mol. The van der Waals surface area contributed by atoms with Crippen LogP contribution in [0.2, 0.25) is 0 Å². The number of carbonyl (C=O) groups is 1. The van der Waals surface area contributed by atoms with Gasteiger partial charge >= 0.3 is 6.18 Å². The standard InChI is InChI=1S/C17H20F3NO3S/c1-11(12-5-6-12)21(16(22)13-7-8-25(23,24)10-13)15-4-2-3-14(9-15)17(18,19)20/h2-4,9,11-13H,5-8,10H2,1H3/t11-,13+/m1/s1. The van der Waals surface area contributed by atoms with E-state index in [9.17, 15) is 26.4 Å². The third-order valence-electron chi connectivity index (χ3n) is 4.98. The number of carbonyl (C=O) groups excluding carboxylic acids is 1. The highest BCUT2D eigenvalue weighted by Crippen LogP contribution is 2.39. The molecule has 1 amide bonds. The summed E-state index contributed by atoms with van der Waals surface area (Å²) in [7, 11) is -3.25. The van der Waals surface area contributed by atoms with E-state index in [-0.39, 0.29) is 41.5 Å². The van der Waals surface area contributed by atoms with E-state index in [1.165, 1.54) is 17.0 Å². The summed E-state index contributed by atoms with van der Waals surface area (Å²) in [6.07, 6.45) is -2.42. The molecule has 1 aromatic carbocycles. The SMILES string of the molecule is C[C@H](C1CC1)N(C(=O)[C@H]1CCS(=O)(=O)C1)c1cccc(C(F)(F)F)c1. The fourth-order valence-electron chi connectivity index (χ4n) is 3.37. The largest absolute Gasteiger partial charge is 0.416 e. The molecule has 4 nitrogen and oxygen atoms in total. The Balaban J connectivity index is 1.94. The summed E-state index contributed by atoms with van der Waals surface area (Å²) < 4.78 is 62.4. The van der Waals surface area contributed by atoms with Gasteiger partial charge < -0.3 is 4.90 Å². The Bertz CT molecular complexity index is 772. The minimum atomic E-state index is -4.50. The predicted molar refractivity (Wildman–Crippen MR) is 87.9 cm³/mol. The highest BCUT2D eigenvalue weighted by atomic mass is 32.2. The first-order valence-electron chi connectivity index (χ1n) is 8.29. The quantitative estimate of drug-likeness (QED) is 0.812. The molecular weight excluding hydrogens is 355 g/mol. The second kappa shape index (κ2) is 6.30. The average molecular weight is 375 g/mol. The van der Waals surface area contributed by atoms with E-state index in [2.05, 4.69) is 0 Å². The Hall–Kier alpha value is -1.57. The van der Waals surface area contributed by atoms with Gasteiger partial charge in [0.1, 0.15) is 0 Å². The van der Waals surface area contributed by atoms with Crippen LogP contribution in [0.3, 0.4) is 0 Å². The van der Waals surface area contributed by atoms with Crippen molar-refractivity contribution in [1.82, 2.24) is 0 Å². The molecule has 8 heteroatoms. The molecule has 1 saturated carbocycles. The van der Waals surface area contributed by atoms with Gasteiger partial charge in [0, 0.05) is 11.7 Å². The van der Waals surface area contributed by atoms with Gasteiger partial charge in [-0.3, -0.25) is 4.79 Å². The van der Waals surface area contributed by atoms with E-state index in [0.717, 1.165) is 25.0 Å². The van der Waals surface area contributed by atoms with Crippen LogP contribution in [0.5, 0.6) is 0 Å². The number of hydrogen-bond acceptors (Lipinski definition) is 3. The summed E-state index contributed by atoms with van der Waals surface area (Å²) in [5.74, 6) is -1.09. The minimum absolute atomic E-state index is 0.0440. The van der Waals surface area contributed by atoms with Crippen LogP contribution in [0.25, 0.3) is 0 Å². The Morgan fingerprint density at radius 2 is 1.92 bits per heavy atom. The van der Waals surface area contributed by atoms with Crippen LogP contribution in [0.1, 0.15) is 31.7 Å².